The maximum absolute atomic E-state index is 13.6. The molecule has 0 spiro atoms. The van der Waals surface area contributed by atoms with Gasteiger partial charge in [-0.15, -0.1) is 0 Å². The molecule has 0 saturated carbocycles. The quantitative estimate of drug-likeness (QED) is 0.381. The van der Waals surface area contributed by atoms with E-state index >= 15 is 0 Å². The Bertz CT molecular complexity index is 1470. The molecule has 0 bridgehead atoms. The van der Waals surface area contributed by atoms with Crippen molar-refractivity contribution < 1.29 is 21.6 Å². The van der Waals surface area contributed by atoms with Crippen molar-refractivity contribution >= 4 is 48.9 Å². The number of carbonyl (C=O) groups is 1. The van der Waals surface area contributed by atoms with Gasteiger partial charge in [-0.25, -0.2) is 16.8 Å². The standard InChI is InChI=1S/C26H30ClN3O5S2/c1-5-29(6-2)36(32,33)23-14-10-22(11-15-23)28-26(31)18-30(25-16-9-21(27)17-20(25)4)37(34,35)24-12-7-19(3)8-13-24/h7-17H,5-6,18H2,1-4H3,(H,28,31). The number of nitrogens with one attached hydrogen (secondary N) is 1. The van der Waals surface area contributed by atoms with Crippen LogP contribution < -0.4 is 9.62 Å². The maximum atomic E-state index is 13.6. The number of carbonyl (C=O) groups excluding carboxylic acids is 1. The van der Waals surface area contributed by atoms with Crippen LogP contribution in [0.1, 0.15) is 25.0 Å². The number of amides is 1. The molecule has 0 saturated heterocycles. The lowest BCUT2D eigenvalue weighted by atomic mass is 10.2. The number of rotatable bonds is 10. The molecule has 1 amide bonds. The van der Waals surface area contributed by atoms with E-state index < -0.39 is 32.5 Å². The van der Waals surface area contributed by atoms with Crippen LogP contribution in [0, 0.1) is 13.8 Å². The first kappa shape index (κ1) is 28.6. The lowest BCUT2D eigenvalue weighted by Gasteiger charge is -2.26. The molecule has 0 aliphatic heterocycles. The van der Waals surface area contributed by atoms with Crippen LogP contribution in [-0.4, -0.2) is 46.7 Å². The Morgan fingerprint density at radius 1 is 0.811 bits per heavy atom. The average Bonchev–Trinajstić information content (AvgIpc) is 2.84. The minimum atomic E-state index is -4.09. The molecular formula is C26H30ClN3O5S2. The fraction of sp³-hybridized carbons (Fsp3) is 0.269. The molecule has 3 rings (SSSR count). The highest BCUT2D eigenvalue weighted by Gasteiger charge is 2.28. The first-order valence-corrected chi connectivity index (χ1v) is 14.9. The van der Waals surface area contributed by atoms with Gasteiger partial charge in [0.2, 0.25) is 15.9 Å². The number of halogens is 1. The molecular weight excluding hydrogens is 534 g/mol. The number of benzene rings is 3. The normalized spacial score (nSPS) is 11.9. The second-order valence-electron chi connectivity index (χ2n) is 8.42. The van der Waals surface area contributed by atoms with Gasteiger partial charge in [-0.05, 0) is 74.0 Å². The minimum Gasteiger partial charge on any atom is -0.325 e. The first-order chi connectivity index (χ1) is 17.4. The Morgan fingerprint density at radius 3 is 1.89 bits per heavy atom. The highest BCUT2D eigenvalue weighted by atomic mass is 35.5. The van der Waals surface area contributed by atoms with Crippen LogP contribution >= 0.6 is 11.6 Å². The molecule has 0 radical (unpaired) electrons. The van der Waals surface area contributed by atoms with Crippen molar-refractivity contribution in [1.82, 2.24) is 4.31 Å². The van der Waals surface area contributed by atoms with E-state index in [0.29, 0.717) is 35.1 Å². The summed E-state index contributed by atoms with van der Waals surface area (Å²) < 4.78 is 55.0. The van der Waals surface area contributed by atoms with E-state index in [1.807, 2.05) is 6.92 Å². The highest BCUT2D eigenvalue weighted by Crippen LogP contribution is 2.29. The molecule has 0 fully saturated rings. The smallest absolute Gasteiger partial charge is 0.264 e. The van der Waals surface area contributed by atoms with Crippen LogP contribution in [0.2, 0.25) is 5.02 Å². The monoisotopic (exact) mass is 563 g/mol. The molecule has 3 aromatic carbocycles. The van der Waals surface area contributed by atoms with E-state index in [4.69, 9.17) is 11.6 Å². The maximum Gasteiger partial charge on any atom is 0.264 e. The Labute approximate surface area is 224 Å². The molecule has 0 unspecified atom stereocenters. The topological polar surface area (TPSA) is 104 Å². The second kappa shape index (κ2) is 11.6. The fourth-order valence-corrected chi connectivity index (χ4v) is 6.96. The predicted octanol–water partition coefficient (Wildman–Crippen LogP) is 4.82. The van der Waals surface area contributed by atoms with Gasteiger partial charge >= 0.3 is 0 Å². The number of aryl methyl sites for hydroxylation is 2. The van der Waals surface area contributed by atoms with Crippen LogP contribution in [0.25, 0.3) is 0 Å². The van der Waals surface area contributed by atoms with Gasteiger partial charge in [-0.3, -0.25) is 9.10 Å². The summed E-state index contributed by atoms with van der Waals surface area (Å²) in [5.41, 5.74) is 2.14. The lowest BCUT2D eigenvalue weighted by Crippen LogP contribution is -2.38. The van der Waals surface area contributed by atoms with E-state index in [2.05, 4.69) is 5.32 Å². The summed E-state index contributed by atoms with van der Waals surface area (Å²) in [6.07, 6.45) is 0. The van der Waals surface area contributed by atoms with Crippen molar-refractivity contribution in [3.05, 3.63) is 82.9 Å². The Morgan fingerprint density at radius 2 is 1.35 bits per heavy atom. The highest BCUT2D eigenvalue weighted by molar-refractivity contribution is 7.92. The Hall–Kier alpha value is -2.92. The van der Waals surface area contributed by atoms with Gasteiger partial charge in [0.05, 0.1) is 15.5 Å². The van der Waals surface area contributed by atoms with Gasteiger partial charge in [0.25, 0.3) is 10.0 Å². The summed E-state index contributed by atoms with van der Waals surface area (Å²) in [6, 6.07) is 16.9. The summed E-state index contributed by atoms with van der Waals surface area (Å²) >= 11 is 6.07. The van der Waals surface area contributed by atoms with Crippen molar-refractivity contribution in [1.29, 1.82) is 0 Å². The molecule has 3 aromatic rings. The third kappa shape index (κ3) is 6.51. The third-order valence-corrected chi connectivity index (χ3v) is 9.88. The number of sulfonamides is 2. The summed E-state index contributed by atoms with van der Waals surface area (Å²) in [4.78, 5) is 13.2. The van der Waals surface area contributed by atoms with E-state index in [9.17, 15) is 21.6 Å². The molecule has 0 aromatic heterocycles. The Kier molecular flexibility index (Phi) is 9.01. The number of hydrogen-bond acceptors (Lipinski definition) is 5. The second-order valence-corrected chi connectivity index (χ2v) is 12.7. The molecule has 198 valence electrons. The molecule has 0 aliphatic carbocycles. The summed E-state index contributed by atoms with van der Waals surface area (Å²) in [6.45, 7) is 7.26. The van der Waals surface area contributed by atoms with E-state index in [-0.39, 0.29) is 9.79 Å². The van der Waals surface area contributed by atoms with Crippen LogP contribution in [0.4, 0.5) is 11.4 Å². The number of anilines is 2. The molecule has 8 nitrogen and oxygen atoms in total. The van der Waals surface area contributed by atoms with E-state index in [1.54, 1.807) is 51.1 Å². The van der Waals surface area contributed by atoms with Crippen LogP contribution in [-0.2, 0) is 24.8 Å². The zero-order chi connectivity index (χ0) is 27.4. The van der Waals surface area contributed by atoms with Crippen LogP contribution in [0.15, 0.2) is 76.5 Å². The lowest BCUT2D eigenvalue weighted by molar-refractivity contribution is -0.114. The molecule has 11 heteroatoms. The summed E-state index contributed by atoms with van der Waals surface area (Å²) in [5, 5.41) is 3.10. The SMILES string of the molecule is CCN(CC)S(=O)(=O)c1ccc(NC(=O)CN(c2ccc(Cl)cc2C)S(=O)(=O)c2ccc(C)cc2)cc1. The molecule has 37 heavy (non-hydrogen) atoms. The van der Waals surface area contributed by atoms with E-state index in [1.165, 1.54) is 40.7 Å². The van der Waals surface area contributed by atoms with Crippen LogP contribution in [0.3, 0.4) is 0 Å². The van der Waals surface area contributed by atoms with Gasteiger partial charge in [-0.1, -0.05) is 43.1 Å². The molecule has 0 heterocycles. The molecule has 1 N–H and O–H groups in total. The zero-order valence-corrected chi connectivity index (χ0v) is 23.5. The van der Waals surface area contributed by atoms with Crippen LogP contribution in [0.5, 0.6) is 0 Å². The van der Waals surface area contributed by atoms with Crippen molar-refractivity contribution in [2.75, 3.05) is 29.3 Å². The summed E-state index contributed by atoms with van der Waals surface area (Å²) in [7, 11) is -7.73. The van der Waals surface area contributed by atoms with Crippen molar-refractivity contribution in [2.24, 2.45) is 0 Å². The predicted molar refractivity (Wildman–Crippen MR) is 147 cm³/mol. The average molecular weight is 564 g/mol. The third-order valence-electron chi connectivity index (χ3n) is 5.80. The number of hydrogen-bond donors (Lipinski definition) is 1. The fourth-order valence-electron chi connectivity index (χ4n) is 3.79. The largest absolute Gasteiger partial charge is 0.325 e. The number of nitrogens with zero attached hydrogens (tertiary/aromatic N) is 2. The molecule has 0 aliphatic rings. The van der Waals surface area contributed by atoms with Gasteiger partial charge in [0, 0.05) is 23.8 Å². The van der Waals surface area contributed by atoms with Crippen molar-refractivity contribution in [3.8, 4) is 0 Å². The van der Waals surface area contributed by atoms with Gasteiger partial charge in [0.15, 0.2) is 0 Å². The van der Waals surface area contributed by atoms with Gasteiger partial charge < -0.3 is 5.32 Å². The van der Waals surface area contributed by atoms with Crippen molar-refractivity contribution in [2.45, 2.75) is 37.5 Å². The molecule has 0 atom stereocenters. The first-order valence-electron chi connectivity index (χ1n) is 11.7. The Balaban J connectivity index is 1.89. The zero-order valence-electron chi connectivity index (χ0n) is 21.1. The van der Waals surface area contributed by atoms with Gasteiger partial charge in [-0.2, -0.15) is 4.31 Å². The van der Waals surface area contributed by atoms with E-state index in [0.717, 1.165) is 9.87 Å². The van der Waals surface area contributed by atoms with Gasteiger partial charge in [0.1, 0.15) is 6.54 Å². The minimum absolute atomic E-state index is 0.0474. The summed E-state index contributed by atoms with van der Waals surface area (Å²) in [5.74, 6) is -0.593. The van der Waals surface area contributed by atoms with Crippen molar-refractivity contribution in [3.63, 3.8) is 0 Å².